The van der Waals surface area contributed by atoms with Gasteiger partial charge in [0, 0.05) is 18.0 Å². The highest BCUT2D eigenvalue weighted by Crippen LogP contribution is 2.23. The second-order valence-electron chi connectivity index (χ2n) is 4.59. The third-order valence-electron chi connectivity index (χ3n) is 3.09. The van der Waals surface area contributed by atoms with E-state index in [9.17, 15) is 9.59 Å². The van der Waals surface area contributed by atoms with Gasteiger partial charge in [0.2, 0.25) is 0 Å². The van der Waals surface area contributed by atoms with Gasteiger partial charge in [0.05, 0.1) is 5.56 Å². The van der Waals surface area contributed by atoms with Crippen molar-refractivity contribution in [2.45, 2.75) is 19.4 Å². The first-order valence-electron chi connectivity index (χ1n) is 6.14. The fourth-order valence-electron chi connectivity index (χ4n) is 2.11. The monoisotopic (exact) mass is 288 g/mol. The summed E-state index contributed by atoms with van der Waals surface area (Å²) in [5, 5.41) is 4.91. The van der Waals surface area contributed by atoms with Gasteiger partial charge >= 0.3 is 5.97 Å². The fraction of sp³-hybridized carbons (Fsp3) is 0.214. The standard InChI is InChI=1S/C14H12N2O3S/c1-8-2-3-9-7-11(19-13(18)10(9)6-8)12(17)16-14-15-4-5-20-14/h2-6,11H,7H2,1H3,(H,15,16,17)/t11-/m1/s1. The summed E-state index contributed by atoms with van der Waals surface area (Å²) in [5.74, 6) is -0.797. The number of aromatic nitrogens is 1. The van der Waals surface area contributed by atoms with Crippen molar-refractivity contribution in [3.05, 3.63) is 46.5 Å². The zero-order chi connectivity index (χ0) is 14.1. The van der Waals surface area contributed by atoms with E-state index in [4.69, 9.17) is 4.74 Å². The van der Waals surface area contributed by atoms with Crippen LogP contribution in [0.5, 0.6) is 0 Å². The number of aryl methyl sites for hydroxylation is 1. The Morgan fingerprint density at radius 1 is 1.50 bits per heavy atom. The van der Waals surface area contributed by atoms with Crippen LogP contribution in [0.1, 0.15) is 21.5 Å². The fourth-order valence-corrected chi connectivity index (χ4v) is 2.64. The summed E-state index contributed by atoms with van der Waals surface area (Å²) in [6, 6.07) is 5.58. The first kappa shape index (κ1) is 12.8. The van der Waals surface area contributed by atoms with Crippen LogP contribution < -0.4 is 5.32 Å². The molecule has 6 heteroatoms. The number of nitrogens with one attached hydrogen (secondary N) is 1. The third kappa shape index (κ3) is 2.42. The maximum atomic E-state index is 12.1. The number of rotatable bonds is 2. The lowest BCUT2D eigenvalue weighted by Crippen LogP contribution is -2.38. The molecule has 1 aromatic heterocycles. The molecule has 1 N–H and O–H groups in total. The predicted molar refractivity (Wildman–Crippen MR) is 74.8 cm³/mol. The summed E-state index contributed by atoms with van der Waals surface area (Å²) < 4.78 is 5.20. The zero-order valence-corrected chi connectivity index (χ0v) is 11.6. The Hall–Kier alpha value is -2.21. The number of amides is 1. The number of benzene rings is 1. The van der Waals surface area contributed by atoms with Crippen molar-refractivity contribution in [2.24, 2.45) is 0 Å². The van der Waals surface area contributed by atoms with E-state index in [0.717, 1.165) is 11.1 Å². The number of fused-ring (bicyclic) bond motifs is 1. The Balaban J connectivity index is 1.79. The molecule has 1 aliphatic rings. The van der Waals surface area contributed by atoms with Gasteiger partial charge in [-0.3, -0.25) is 10.1 Å². The van der Waals surface area contributed by atoms with Crippen LogP contribution >= 0.6 is 11.3 Å². The number of cyclic esters (lactones) is 1. The highest BCUT2D eigenvalue weighted by molar-refractivity contribution is 7.13. The number of ether oxygens (including phenoxy) is 1. The molecule has 1 aromatic carbocycles. The average molecular weight is 288 g/mol. The van der Waals surface area contributed by atoms with Crippen LogP contribution in [0.4, 0.5) is 5.13 Å². The van der Waals surface area contributed by atoms with E-state index < -0.39 is 12.1 Å². The first-order chi connectivity index (χ1) is 9.63. The molecule has 0 unspecified atom stereocenters. The molecular weight excluding hydrogens is 276 g/mol. The van der Waals surface area contributed by atoms with Gasteiger partial charge in [0.25, 0.3) is 5.91 Å². The minimum absolute atomic E-state index is 0.348. The number of nitrogens with zero attached hydrogens (tertiary/aromatic N) is 1. The molecule has 1 amide bonds. The molecule has 0 aliphatic carbocycles. The third-order valence-corrected chi connectivity index (χ3v) is 3.78. The summed E-state index contributed by atoms with van der Waals surface area (Å²) in [6.07, 6.45) is 1.19. The molecule has 1 atom stereocenters. The minimum atomic E-state index is -0.804. The number of thiazole rings is 1. The highest BCUT2D eigenvalue weighted by Gasteiger charge is 2.31. The van der Waals surface area contributed by atoms with Gasteiger partial charge < -0.3 is 4.74 Å². The lowest BCUT2D eigenvalue weighted by molar-refractivity contribution is -0.125. The Morgan fingerprint density at radius 2 is 2.35 bits per heavy atom. The van der Waals surface area contributed by atoms with E-state index in [-0.39, 0.29) is 5.91 Å². The van der Waals surface area contributed by atoms with E-state index in [0.29, 0.717) is 17.1 Å². The van der Waals surface area contributed by atoms with Crippen LogP contribution in [0.3, 0.4) is 0 Å². The second-order valence-corrected chi connectivity index (χ2v) is 5.48. The largest absolute Gasteiger partial charge is 0.448 e. The molecule has 0 saturated heterocycles. The van der Waals surface area contributed by atoms with Crippen LogP contribution in [0.2, 0.25) is 0 Å². The maximum absolute atomic E-state index is 12.1. The minimum Gasteiger partial charge on any atom is -0.448 e. The number of carbonyl (C=O) groups is 2. The molecule has 3 rings (SSSR count). The molecule has 0 spiro atoms. The van der Waals surface area contributed by atoms with Gasteiger partial charge in [0.15, 0.2) is 11.2 Å². The Kier molecular flexibility index (Phi) is 3.23. The summed E-state index contributed by atoms with van der Waals surface area (Å²) in [4.78, 5) is 28.0. The lowest BCUT2D eigenvalue weighted by Gasteiger charge is -2.23. The van der Waals surface area contributed by atoms with Crippen molar-refractivity contribution in [3.8, 4) is 0 Å². The van der Waals surface area contributed by atoms with Crippen LogP contribution in [0.15, 0.2) is 29.8 Å². The van der Waals surface area contributed by atoms with Crippen LogP contribution in [0, 0.1) is 6.92 Å². The Labute approximate surface area is 119 Å². The van der Waals surface area contributed by atoms with Crippen LogP contribution in [-0.2, 0) is 16.0 Å². The topological polar surface area (TPSA) is 68.3 Å². The quantitative estimate of drug-likeness (QED) is 0.860. The number of hydrogen-bond acceptors (Lipinski definition) is 5. The van der Waals surface area contributed by atoms with Crippen molar-refractivity contribution < 1.29 is 14.3 Å². The molecule has 0 fully saturated rings. The van der Waals surface area contributed by atoms with Crippen molar-refractivity contribution in [1.82, 2.24) is 4.98 Å². The lowest BCUT2D eigenvalue weighted by atomic mass is 9.96. The zero-order valence-electron chi connectivity index (χ0n) is 10.8. The highest BCUT2D eigenvalue weighted by atomic mass is 32.1. The van der Waals surface area contributed by atoms with Gasteiger partial charge in [-0.25, -0.2) is 9.78 Å². The molecule has 5 nitrogen and oxygen atoms in total. The van der Waals surface area contributed by atoms with Crippen molar-refractivity contribution in [2.75, 3.05) is 5.32 Å². The SMILES string of the molecule is Cc1ccc2c(c1)C(=O)O[C@@H](C(=O)Nc1nccs1)C2. The number of esters is 1. The average Bonchev–Trinajstić information content (AvgIpc) is 2.92. The Morgan fingerprint density at radius 3 is 3.10 bits per heavy atom. The van der Waals surface area contributed by atoms with Gasteiger partial charge in [-0.05, 0) is 18.6 Å². The Bertz CT molecular complexity index is 667. The first-order valence-corrected chi connectivity index (χ1v) is 7.02. The van der Waals surface area contributed by atoms with Gasteiger partial charge in [0.1, 0.15) is 0 Å². The van der Waals surface area contributed by atoms with Crippen molar-refractivity contribution >= 4 is 28.3 Å². The van der Waals surface area contributed by atoms with E-state index >= 15 is 0 Å². The molecular formula is C14H12N2O3S. The van der Waals surface area contributed by atoms with Gasteiger partial charge in [-0.2, -0.15) is 0 Å². The molecule has 2 heterocycles. The summed E-state index contributed by atoms with van der Waals surface area (Å²) in [5.41, 5.74) is 2.38. The van der Waals surface area contributed by atoms with Crippen molar-refractivity contribution in [1.29, 1.82) is 0 Å². The van der Waals surface area contributed by atoms with Crippen LogP contribution in [0.25, 0.3) is 0 Å². The van der Waals surface area contributed by atoms with Gasteiger partial charge in [-0.15, -0.1) is 11.3 Å². The second kappa shape index (κ2) is 5.05. The molecule has 20 heavy (non-hydrogen) atoms. The maximum Gasteiger partial charge on any atom is 0.339 e. The summed E-state index contributed by atoms with van der Waals surface area (Å²) in [7, 11) is 0. The van der Waals surface area contributed by atoms with E-state index in [2.05, 4.69) is 10.3 Å². The molecule has 0 radical (unpaired) electrons. The molecule has 0 saturated carbocycles. The molecule has 2 aromatic rings. The molecule has 1 aliphatic heterocycles. The number of carbonyl (C=O) groups excluding carboxylic acids is 2. The van der Waals surface area contributed by atoms with Crippen LogP contribution in [-0.4, -0.2) is 23.0 Å². The smallest absolute Gasteiger partial charge is 0.339 e. The van der Waals surface area contributed by atoms with E-state index in [1.807, 2.05) is 19.1 Å². The summed E-state index contributed by atoms with van der Waals surface area (Å²) in [6.45, 7) is 1.91. The van der Waals surface area contributed by atoms with Gasteiger partial charge in [-0.1, -0.05) is 17.7 Å². The summed E-state index contributed by atoms with van der Waals surface area (Å²) >= 11 is 1.32. The van der Waals surface area contributed by atoms with E-state index in [1.54, 1.807) is 17.6 Å². The predicted octanol–water partition coefficient (Wildman–Crippen LogP) is 2.17. The van der Waals surface area contributed by atoms with Crippen molar-refractivity contribution in [3.63, 3.8) is 0 Å². The number of hydrogen-bond donors (Lipinski definition) is 1. The molecule has 0 bridgehead atoms. The number of anilines is 1. The van der Waals surface area contributed by atoms with E-state index in [1.165, 1.54) is 11.3 Å². The normalized spacial score (nSPS) is 17.2. The molecule has 102 valence electrons.